The summed E-state index contributed by atoms with van der Waals surface area (Å²) < 4.78 is 38.0. The molecule has 26 heavy (non-hydrogen) atoms. The van der Waals surface area contributed by atoms with Gasteiger partial charge in [0, 0.05) is 12.2 Å². The lowest BCUT2D eigenvalue weighted by molar-refractivity contribution is -0.115. The third-order valence-electron chi connectivity index (χ3n) is 4.17. The van der Waals surface area contributed by atoms with E-state index < -0.39 is 10.0 Å². The van der Waals surface area contributed by atoms with E-state index in [2.05, 4.69) is 10.0 Å². The minimum atomic E-state index is -3.64. The number of fused-ring (bicyclic) bond motifs is 1. The summed E-state index contributed by atoms with van der Waals surface area (Å²) >= 11 is 0. The Bertz CT molecular complexity index is 941. The molecule has 0 unspecified atom stereocenters. The van der Waals surface area contributed by atoms with Crippen molar-refractivity contribution in [1.82, 2.24) is 4.72 Å². The molecule has 138 valence electrons. The molecule has 0 bridgehead atoms. The number of benzene rings is 2. The fraction of sp³-hybridized carbons (Fsp3) is 0.278. The zero-order valence-corrected chi connectivity index (χ0v) is 15.4. The van der Waals surface area contributed by atoms with Crippen LogP contribution in [0.1, 0.15) is 11.1 Å². The third kappa shape index (κ3) is 3.81. The van der Waals surface area contributed by atoms with Crippen molar-refractivity contribution in [3.63, 3.8) is 0 Å². The number of hydrogen-bond acceptors (Lipinski definition) is 5. The number of anilines is 1. The summed E-state index contributed by atoms with van der Waals surface area (Å²) in [5, 5.41) is 2.68. The Balaban J connectivity index is 1.66. The largest absolute Gasteiger partial charge is 0.493 e. The molecule has 2 aromatic carbocycles. The maximum atomic E-state index is 12.5. The fourth-order valence-corrected chi connectivity index (χ4v) is 3.90. The van der Waals surface area contributed by atoms with Crippen LogP contribution in [0.15, 0.2) is 41.3 Å². The van der Waals surface area contributed by atoms with Crippen molar-refractivity contribution in [2.75, 3.05) is 26.1 Å². The molecule has 1 heterocycles. The van der Waals surface area contributed by atoms with Gasteiger partial charge in [0.05, 0.1) is 25.5 Å². The molecule has 0 aliphatic carbocycles. The van der Waals surface area contributed by atoms with Crippen LogP contribution >= 0.6 is 0 Å². The van der Waals surface area contributed by atoms with Gasteiger partial charge in [-0.15, -0.1) is 0 Å². The fourth-order valence-electron chi connectivity index (χ4n) is 2.82. The number of carbonyl (C=O) groups excluding carboxylic acids is 1. The molecule has 1 amide bonds. The van der Waals surface area contributed by atoms with Crippen molar-refractivity contribution in [2.45, 2.75) is 17.7 Å². The van der Waals surface area contributed by atoms with E-state index in [0.29, 0.717) is 29.2 Å². The summed E-state index contributed by atoms with van der Waals surface area (Å²) in [7, 11) is -0.529. The van der Waals surface area contributed by atoms with Crippen molar-refractivity contribution in [1.29, 1.82) is 0 Å². The molecule has 2 aromatic rings. The van der Waals surface area contributed by atoms with E-state index in [0.717, 1.165) is 5.56 Å². The van der Waals surface area contributed by atoms with Gasteiger partial charge in [0.25, 0.3) is 0 Å². The highest BCUT2D eigenvalue weighted by molar-refractivity contribution is 7.89. The third-order valence-corrected chi connectivity index (χ3v) is 5.62. The molecule has 8 heteroatoms. The van der Waals surface area contributed by atoms with Gasteiger partial charge in [-0.3, -0.25) is 4.79 Å². The SMILES string of the molecule is COc1ccc(CCNS(=O)(=O)c2ccc3c(c2)CC(=O)N3)cc1OC. The van der Waals surface area contributed by atoms with E-state index in [1.807, 2.05) is 12.1 Å². The Morgan fingerprint density at radius 3 is 2.58 bits per heavy atom. The Kier molecular flexibility index (Phi) is 5.15. The quantitative estimate of drug-likeness (QED) is 0.767. The number of sulfonamides is 1. The summed E-state index contributed by atoms with van der Waals surface area (Å²) in [6.45, 7) is 0.242. The number of methoxy groups -OCH3 is 2. The minimum absolute atomic E-state index is 0.129. The van der Waals surface area contributed by atoms with E-state index in [1.165, 1.54) is 12.1 Å². The highest BCUT2D eigenvalue weighted by atomic mass is 32.2. The molecule has 0 spiro atoms. The lowest BCUT2D eigenvalue weighted by atomic mass is 10.1. The molecule has 0 saturated heterocycles. The van der Waals surface area contributed by atoms with Crippen LogP contribution in [-0.4, -0.2) is 35.1 Å². The van der Waals surface area contributed by atoms with Gasteiger partial charge in [-0.1, -0.05) is 6.07 Å². The van der Waals surface area contributed by atoms with E-state index in [-0.39, 0.29) is 23.8 Å². The van der Waals surface area contributed by atoms with Gasteiger partial charge in [-0.05, 0) is 47.9 Å². The number of nitrogens with one attached hydrogen (secondary N) is 2. The molecule has 0 saturated carbocycles. The molecular formula is C18H20N2O5S. The van der Waals surface area contributed by atoms with Crippen molar-refractivity contribution in [2.24, 2.45) is 0 Å². The predicted octanol–water partition coefficient (Wildman–Crippen LogP) is 1.72. The van der Waals surface area contributed by atoms with Crippen molar-refractivity contribution in [3.05, 3.63) is 47.5 Å². The first-order valence-corrected chi connectivity index (χ1v) is 9.54. The Morgan fingerprint density at radius 1 is 1.08 bits per heavy atom. The molecule has 0 atom stereocenters. The summed E-state index contributed by atoms with van der Waals surface area (Å²) in [5.74, 6) is 1.10. The molecule has 0 fully saturated rings. The average molecular weight is 376 g/mol. The van der Waals surface area contributed by atoms with Crippen LogP contribution < -0.4 is 19.5 Å². The second-order valence-corrected chi connectivity index (χ2v) is 7.65. The molecule has 0 radical (unpaired) electrons. The van der Waals surface area contributed by atoms with E-state index in [1.54, 1.807) is 26.4 Å². The second-order valence-electron chi connectivity index (χ2n) is 5.88. The maximum Gasteiger partial charge on any atom is 0.240 e. The summed E-state index contributed by atoms with van der Waals surface area (Å²) in [6.07, 6.45) is 0.703. The predicted molar refractivity (Wildman–Crippen MR) is 97.2 cm³/mol. The summed E-state index contributed by atoms with van der Waals surface area (Å²) in [6, 6.07) is 10.1. The van der Waals surface area contributed by atoms with Gasteiger partial charge in [-0.2, -0.15) is 0 Å². The Morgan fingerprint density at radius 2 is 1.85 bits per heavy atom. The van der Waals surface area contributed by atoms with Gasteiger partial charge in [0.2, 0.25) is 15.9 Å². The van der Waals surface area contributed by atoms with Crippen LogP contribution in [0.3, 0.4) is 0 Å². The topological polar surface area (TPSA) is 93.7 Å². The molecular weight excluding hydrogens is 356 g/mol. The maximum absolute atomic E-state index is 12.5. The van der Waals surface area contributed by atoms with Gasteiger partial charge in [0.1, 0.15) is 0 Å². The first-order valence-electron chi connectivity index (χ1n) is 8.06. The molecule has 7 nitrogen and oxygen atoms in total. The number of carbonyl (C=O) groups is 1. The average Bonchev–Trinajstić information content (AvgIpc) is 3.00. The van der Waals surface area contributed by atoms with Gasteiger partial charge >= 0.3 is 0 Å². The minimum Gasteiger partial charge on any atom is -0.493 e. The van der Waals surface area contributed by atoms with Crippen molar-refractivity contribution in [3.8, 4) is 11.5 Å². The summed E-state index contributed by atoms with van der Waals surface area (Å²) in [5.41, 5.74) is 2.28. The van der Waals surface area contributed by atoms with Crippen LogP contribution in [0.4, 0.5) is 5.69 Å². The van der Waals surface area contributed by atoms with E-state index >= 15 is 0 Å². The number of hydrogen-bond donors (Lipinski definition) is 2. The number of amides is 1. The van der Waals surface area contributed by atoms with Crippen molar-refractivity contribution < 1.29 is 22.7 Å². The standard InChI is InChI=1S/C18H20N2O5S/c1-24-16-6-3-12(9-17(16)25-2)7-8-19-26(22,23)14-4-5-15-13(10-14)11-18(21)20-15/h3-6,9-10,19H,7-8,11H2,1-2H3,(H,20,21). The monoisotopic (exact) mass is 376 g/mol. The lowest BCUT2D eigenvalue weighted by Crippen LogP contribution is -2.26. The lowest BCUT2D eigenvalue weighted by Gasteiger charge is -2.11. The number of ether oxygens (including phenoxy) is 2. The molecule has 1 aliphatic rings. The zero-order chi connectivity index (χ0) is 18.7. The van der Waals surface area contributed by atoms with Crippen LogP contribution in [-0.2, 0) is 27.7 Å². The smallest absolute Gasteiger partial charge is 0.240 e. The van der Waals surface area contributed by atoms with Crippen LogP contribution in [0, 0.1) is 0 Å². The van der Waals surface area contributed by atoms with E-state index in [4.69, 9.17) is 9.47 Å². The highest BCUT2D eigenvalue weighted by Gasteiger charge is 2.21. The van der Waals surface area contributed by atoms with Crippen LogP contribution in [0.2, 0.25) is 0 Å². The van der Waals surface area contributed by atoms with Gasteiger partial charge in [0.15, 0.2) is 11.5 Å². The van der Waals surface area contributed by atoms with Gasteiger partial charge < -0.3 is 14.8 Å². The first kappa shape index (κ1) is 18.2. The molecule has 1 aliphatic heterocycles. The van der Waals surface area contributed by atoms with Crippen LogP contribution in [0.25, 0.3) is 0 Å². The highest BCUT2D eigenvalue weighted by Crippen LogP contribution is 2.28. The van der Waals surface area contributed by atoms with Crippen molar-refractivity contribution >= 4 is 21.6 Å². The Labute approximate surface area is 152 Å². The first-order chi connectivity index (χ1) is 12.4. The molecule has 2 N–H and O–H groups in total. The second kappa shape index (κ2) is 7.35. The normalized spacial score (nSPS) is 13.2. The Hall–Kier alpha value is -2.58. The molecule has 0 aromatic heterocycles. The van der Waals surface area contributed by atoms with E-state index in [9.17, 15) is 13.2 Å². The zero-order valence-electron chi connectivity index (χ0n) is 14.5. The molecule has 3 rings (SSSR count). The van der Waals surface area contributed by atoms with Crippen LogP contribution in [0.5, 0.6) is 11.5 Å². The summed E-state index contributed by atoms with van der Waals surface area (Å²) in [4.78, 5) is 11.5. The van der Waals surface area contributed by atoms with Gasteiger partial charge in [-0.25, -0.2) is 13.1 Å². The number of rotatable bonds is 7.